The lowest BCUT2D eigenvalue weighted by molar-refractivity contribution is 0.0494. The van der Waals surface area contributed by atoms with E-state index in [2.05, 4.69) is 5.32 Å². The molecule has 1 aliphatic carbocycles. The number of ether oxygens (including phenoxy) is 1. The van der Waals surface area contributed by atoms with Crippen molar-refractivity contribution >= 4 is 40.3 Å². The summed E-state index contributed by atoms with van der Waals surface area (Å²) in [6.45, 7) is 8.24. The van der Waals surface area contributed by atoms with Crippen LogP contribution in [0.4, 0.5) is 14.9 Å². The van der Waals surface area contributed by atoms with Crippen molar-refractivity contribution in [2.24, 2.45) is 5.92 Å². The number of halogens is 2. The first-order valence-corrected chi connectivity index (χ1v) is 11.8. The van der Waals surface area contributed by atoms with Crippen molar-refractivity contribution < 1.29 is 23.8 Å². The SMILES string of the molecule is C[C@H](NC(=O)OC(C)(C)C)[C@@H]1CCN(c2c(F)cc3c(=O)c(C(=O)O)cn(C4CC4)c3c2Cl)C1. The smallest absolute Gasteiger partial charge is 0.407 e. The largest absolute Gasteiger partial charge is 0.477 e. The van der Waals surface area contributed by atoms with Crippen LogP contribution in [0.5, 0.6) is 0 Å². The number of anilines is 1. The highest BCUT2D eigenvalue weighted by Crippen LogP contribution is 2.43. The van der Waals surface area contributed by atoms with Gasteiger partial charge in [0, 0.05) is 31.4 Å². The fourth-order valence-electron chi connectivity index (χ4n) is 4.52. The van der Waals surface area contributed by atoms with Crippen molar-refractivity contribution in [3.8, 4) is 0 Å². The maximum atomic E-state index is 15.3. The second-order valence-corrected chi connectivity index (χ2v) is 10.5. The molecule has 8 nitrogen and oxygen atoms in total. The lowest BCUT2D eigenvalue weighted by Gasteiger charge is -2.26. The number of carbonyl (C=O) groups is 2. The van der Waals surface area contributed by atoms with Gasteiger partial charge in [0.05, 0.1) is 21.6 Å². The Labute approximate surface area is 201 Å². The Balaban J connectivity index is 1.65. The molecule has 0 bridgehead atoms. The number of hydrogen-bond acceptors (Lipinski definition) is 5. The van der Waals surface area contributed by atoms with Gasteiger partial charge in [-0.15, -0.1) is 0 Å². The maximum absolute atomic E-state index is 15.3. The molecule has 1 saturated heterocycles. The molecule has 4 rings (SSSR count). The Hall–Kier alpha value is -2.81. The third-order valence-corrected chi connectivity index (χ3v) is 6.70. The number of nitrogens with zero attached hydrogens (tertiary/aromatic N) is 2. The lowest BCUT2D eigenvalue weighted by Crippen LogP contribution is -2.42. The molecule has 10 heteroatoms. The zero-order chi connectivity index (χ0) is 24.9. The highest BCUT2D eigenvalue weighted by Gasteiger charge is 2.34. The third-order valence-electron chi connectivity index (χ3n) is 6.35. The summed E-state index contributed by atoms with van der Waals surface area (Å²) in [5.41, 5.74) is -1.20. The molecular formula is C24H29ClFN3O5. The Morgan fingerprint density at radius 2 is 1.97 bits per heavy atom. The monoisotopic (exact) mass is 493 g/mol. The Morgan fingerprint density at radius 1 is 1.29 bits per heavy atom. The van der Waals surface area contributed by atoms with Crippen molar-refractivity contribution in [2.45, 2.75) is 64.6 Å². The molecule has 0 unspecified atom stereocenters. The molecular weight excluding hydrogens is 465 g/mol. The summed E-state index contributed by atoms with van der Waals surface area (Å²) >= 11 is 6.71. The number of fused-ring (bicyclic) bond motifs is 1. The number of nitrogens with one attached hydrogen (secondary N) is 1. The Kier molecular flexibility index (Phi) is 6.27. The van der Waals surface area contributed by atoms with Crippen molar-refractivity contribution in [2.75, 3.05) is 18.0 Å². The highest BCUT2D eigenvalue weighted by molar-refractivity contribution is 6.38. The second-order valence-electron chi connectivity index (χ2n) is 10.2. The molecule has 2 aliphatic rings. The lowest BCUT2D eigenvalue weighted by atomic mass is 10.0. The summed E-state index contributed by atoms with van der Waals surface area (Å²) in [5, 5.41) is 12.4. The average Bonchev–Trinajstić information content (AvgIpc) is 3.44. The van der Waals surface area contributed by atoms with Gasteiger partial charge in [-0.2, -0.15) is 0 Å². The van der Waals surface area contributed by atoms with Crippen LogP contribution in [0.2, 0.25) is 5.02 Å². The molecule has 1 aromatic carbocycles. The van der Waals surface area contributed by atoms with Crippen LogP contribution < -0.4 is 15.6 Å². The van der Waals surface area contributed by atoms with Gasteiger partial charge in [0.15, 0.2) is 0 Å². The predicted molar refractivity (Wildman–Crippen MR) is 128 cm³/mol. The molecule has 2 atom stereocenters. The van der Waals surface area contributed by atoms with Crippen molar-refractivity contribution in [3.05, 3.63) is 38.9 Å². The van der Waals surface area contributed by atoms with E-state index in [1.54, 1.807) is 25.3 Å². The number of carboxylic acids is 1. The number of aromatic carboxylic acids is 1. The second kappa shape index (κ2) is 8.76. The van der Waals surface area contributed by atoms with Gasteiger partial charge in [-0.05, 0) is 58.9 Å². The van der Waals surface area contributed by atoms with E-state index in [0.717, 1.165) is 18.9 Å². The summed E-state index contributed by atoms with van der Waals surface area (Å²) < 4.78 is 22.3. The molecule has 1 amide bonds. The van der Waals surface area contributed by atoms with Gasteiger partial charge >= 0.3 is 12.1 Å². The van der Waals surface area contributed by atoms with Crippen LogP contribution in [-0.4, -0.2) is 46.5 Å². The fraction of sp³-hybridized carbons (Fsp3) is 0.542. The summed E-state index contributed by atoms with van der Waals surface area (Å²) in [4.78, 5) is 38.3. The molecule has 0 spiro atoms. The molecule has 2 N–H and O–H groups in total. The number of amides is 1. The third kappa shape index (κ3) is 4.71. The predicted octanol–water partition coefficient (Wildman–Crippen LogP) is 4.57. The molecule has 184 valence electrons. The molecule has 0 radical (unpaired) electrons. The topological polar surface area (TPSA) is 101 Å². The van der Waals surface area contributed by atoms with Gasteiger partial charge in [-0.1, -0.05) is 11.6 Å². The van der Waals surface area contributed by atoms with E-state index in [9.17, 15) is 19.5 Å². The first-order valence-electron chi connectivity index (χ1n) is 11.4. The maximum Gasteiger partial charge on any atom is 0.407 e. The molecule has 2 aromatic rings. The zero-order valence-electron chi connectivity index (χ0n) is 19.7. The number of rotatable bonds is 5. The van der Waals surface area contributed by atoms with Crippen LogP contribution in [0.1, 0.15) is 63.4 Å². The first kappa shape index (κ1) is 24.3. The van der Waals surface area contributed by atoms with Crippen LogP contribution in [0.3, 0.4) is 0 Å². The Bertz CT molecular complexity index is 1220. The molecule has 2 fully saturated rings. The number of pyridine rings is 1. The van der Waals surface area contributed by atoms with Gasteiger partial charge in [-0.25, -0.2) is 14.0 Å². The summed E-state index contributed by atoms with van der Waals surface area (Å²) in [6, 6.07) is 0.922. The summed E-state index contributed by atoms with van der Waals surface area (Å²) in [6.07, 6.45) is 3.19. The number of alkyl carbamates (subject to hydrolysis) is 1. The molecule has 2 heterocycles. The van der Waals surface area contributed by atoms with Gasteiger partial charge in [0.1, 0.15) is 17.0 Å². The van der Waals surface area contributed by atoms with Crippen LogP contribution in [0.15, 0.2) is 17.1 Å². The van der Waals surface area contributed by atoms with Crippen molar-refractivity contribution in [3.63, 3.8) is 0 Å². The average molecular weight is 494 g/mol. The first-order chi connectivity index (χ1) is 15.9. The van der Waals surface area contributed by atoms with E-state index < -0.39 is 34.5 Å². The standard InChI is InChI=1S/C24H29ClFN3O5/c1-12(27-23(33)34-24(2,3)4)13-7-8-28(10-13)20-17(26)9-15-19(18(20)25)29(14-5-6-14)11-16(21(15)30)22(31)32/h9,11-14H,5-8,10H2,1-4H3,(H,27,33)(H,31,32)/t12-,13+/m0/s1. The normalized spacial score (nSPS) is 19.4. The summed E-state index contributed by atoms with van der Waals surface area (Å²) in [5.74, 6) is -1.98. The zero-order valence-corrected chi connectivity index (χ0v) is 20.4. The van der Waals surface area contributed by atoms with E-state index in [0.29, 0.717) is 25.0 Å². The van der Waals surface area contributed by atoms with Crippen LogP contribution in [0.25, 0.3) is 10.9 Å². The Morgan fingerprint density at radius 3 is 2.56 bits per heavy atom. The van der Waals surface area contributed by atoms with Gasteiger partial charge in [0.25, 0.3) is 0 Å². The minimum Gasteiger partial charge on any atom is -0.477 e. The van der Waals surface area contributed by atoms with E-state index >= 15 is 4.39 Å². The minimum absolute atomic E-state index is 0.0291. The van der Waals surface area contributed by atoms with Crippen molar-refractivity contribution in [1.82, 2.24) is 9.88 Å². The van der Waals surface area contributed by atoms with E-state index in [-0.39, 0.29) is 34.1 Å². The van der Waals surface area contributed by atoms with Crippen LogP contribution >= 0.6 is 11.6 Å². The van der Waals surface area contributed by atoms with Crippen LogP contribution in [0, 0.1) is 11.7 Å². The van der Waals surface area contributed by atoms with Gasteiger partial charge in [0.2, 0.25) is 5.43 Å². The van der Waals surface area contributed by atoms with Gasteiger partial charge in [-0.3, -0.25) is 4.79 Å². The van der Waals surface area contributed by atoms with Gasteiger partial charge < -0.3 is 24.6 Å². The number of carbonyl (C=O) groups excluding carboxylic acids is 1. The quantitative estimate of drug-likeness (QED) is 0.633. The van der Waals surface area contributed by atoms with E-state index in [1.807, 2.05) is 11.8 Å². The van der Waals surface area contributed by atoms with Crippen LogP contribution in [-0.2, 0) is 4.74 Å². The van der Waals surface area contributed by atoms with E-state index in [4.69, 9.17) is 16.3 Å². The van der Waals surface area contributed by atoms with Crippen molar-refractivity contribution in [1.29, 1.82) is 0 Å². The molecule has 1 aliphatic heterocycles. The number of aromatic nitrogens is 1. The number of hydrogen-bond donors (Lipinski definition) is 2. The molecule has 34 heavy (non-hydrogen) atoms. The molecule has 1 aromatic heterocycles. The highest BCUT2D eigenvalue weighted by atomic mass is 35.5. The number of carboxylic acid groups (broad SMARTS) is 1. The fourth-order valence-corrected chi connectivity index (χ4v) is 4.93. The van der Waals surface area contributed by atoms with E-state index in [1.165, 1.54) is 6.20 Å². The summed E-state index contributed by atoms with van der Waals surface area (Å²) in [7, 11) is 0. The number of benzene rings is 1. The minimum atomic E-state index is -1.35. The molecule has 1 saturated carbocycles.